The first kappa shape index (κ1) is 16.9. The van der Waals surface area contributed by atoms with Crippen LogP contribution in [-0.4, -0.2) is 24.7 Å². The van der Waals surface area contributed by atoms with Gasteiger partial charge in [0.15, 0.2) is 0 Å². The van der Waals surface area contributed by atoms with Crippen molar-refractivity contribution in [2.45, 2.75) is 26.2 Å². The van der Waals surface area contributed by atoms with Crippen LogP contribution in [0.25, 0.3) is 0 Å². The van der Waals surface area contributed by atoms with E-state index in [2.05, 4.69) is 6.92 Å². The minimum atomic E-state index is -0.103. The van der Waals surface area contributed by atoms with Crippen molar-refractivity contribution in [1.29, 1.82) is 0 Å². The average Bonchev–Trinajstić information content (AvgIpc) is 2.59. The number of unbranched alkanes of at least 4 members (excludes halogenated alkanes) is 2. The van der Waals surface area contributed by atoms with Gasteiger partial charge < -0.3 is 14.7 Å². The molecule has 0 bridgehead atoms. The fraction of sp³-hybridized carbons (Fsp3) is 0.316. The Morgan fingerprint density at radius 1 is 1.04 bits per heavy atom. The van der Waals surface area contributed by atoms with Gasteiger partial charge in [0, 0.05) is 18.3 Å². The van der Waals surface area contributed by atoms with E-state index in [4.69, 9.17) is 4.74 Å². The normalized spacial score (nSPS) is 10.3. The maximum atomic E-state index is 12.5. The SMILES string of the molecule is CCCCCOc1ccc(C(=O)N(C)c2ccc(O)cc2)cc1. The van der Waals surface area contributed by atoms with Crippen molar-refractivity contribution < 1.29 is 14.6 Å². The molecule has 0 atom stereocenters. The van der Waals surface area contributed by atoms with Crippen LogP contribution in [0.4, 0.5) is 5.69 Å². The minimum Gasteiger partial charge on any atom is -0.508 e. The van der Waals surface area contributed by atoms with Gasteiger partial charge in [-0.25, -0.2) is 0 Å². The number of carbonyl (C=O) groups is 1. The van der Waals surface area contributed by atoms with Gasteiger partial charge in [0.25, 0.3) is 5.91 Å². The molecule has 2 rings (SSSR count). The van der Waals surface area contributed by atoms with Crippen LogP contribution >= 0.6 is 0 Å². The van der Waals surface area contributed by atoms with Crippen molar-refractivity contribution in [2.75, 3.05) is 18.6 Å². The number of rotatable bonds is 7. The molecule has 2 aromatic carbocycles. The molecule has 0 aliphatic heterocycles. The van der Waals surface area contributed by atoms with Crippen LogP contribution in [-0.2, 0) is 0 Å². The summed E-state index contributed by atoms with van der Waals surface area (Å²) >= 11 is 0. The van der Waals surface area contributed by atoms with Gasteiger partial charge in [-0.1, -0.05) is 19.8 Å². The minimum absolute atomic E-state index is 0.103. The highest BCUT2D eigenvalue weighted by Gasteiger charge is 2.13. The predicted molar refractivity (Wildman–Crippen MR) is 92.3 cm³/mol. The summed E-state index contributed by atoms with van der Waals surface area (Å²) in [5.41, 5.74) is 1.33. The lowest BCUT2D eigenvalue weighted by Gasteiger charge is -2.17. The third-order valence-corrected chi connectivity index (χ3v) is 3.66. The fourth-order valence-electron chi connectivity index (χ4n) is 2.22. The highest BCUT2D eigenvalue weighted by atomic mass is 16.5. The number of benzene rings is 2. The van der Waals surface area contributed by atoms with Crippen LogP contribution < -0.4 is 9.64 Å². The number of aromatic hydroxyl groups is 1. The topological polar surface area (TPSA) is 49.8 Å². The van der Waals surface area contributed by atoms with Crippen LogP contribution in [0.3, 0.4) is 0 Å². The molecule has 4 nitrogen and oxygen atoms in total. The molecule has 0 aliphatic rings. The number of carbonyl (C=O) groups excluding carboxylic acids is 1. The number of phenols is 1. The highest BCUT2D eigenvalue weighted by Crippen LogP contribution is 2.20. The summed E-state index contributed by atoms with van der Waals surface area (Å²) in [6, 6.07) is 13.7. The number of hydrogen-bond acceptors (Lipinski definition) is 3. The monoisotopic (exact) mass is 313 g/mol. The maximum Gasteiger partial charge on any atom is 0.258 e. The van der Waals surface area contributed by atoms with E-state index in [-0.39, 0.29) is 11.7 Å². The van der Waals surface area contributed by atoms with Crippen LogP contribution in [0.15, 0.2) is 48.5 Å². The Balaban J connectivity index is 1.98. The summed E-state index contributed by atoms with van der Waals surface area (Å²) in [4.78, 5) is 14.0. The molecule has 0 unspecified atom stereocenters. The summed E-state index contributed by atoms with van der Waals surface area (Å²) < 4.78 is 5.65. The van der Waals surface area contributed by atoms with Gasteiger partial charge in [-0.15, -0.1) is 0 Å². The van der Waals surface area contributed by atoms with Crippen molar-refractivity contribution in [3.63, 3.8) is 0 Å². The number of amides is 1. The molecule has 122 valence electrons. The van der Waals surface area contributed by atoms with Gasteiger partial charge in [-0.2, -0.15) is 0 Å². The van der Waals surface area contributed by atoms with Crippen molar-refractivity contribution >= 4 is 11.6 Å². The summed E-state index contributed by atoms with van der Waals surface area (Å²) in [6.45, 7) is 2.86. The van der Waals surface area contributed by atoms with Crippen molar-refractivity contribution in [1.82, 2.24) is 0 Å². The zero-order valence-corrected chi connectivity index (χ0v) is 13.7. The smallest absolute Gasteiger partial charge is 0.258 e. The summed E-state index contributed by atoms with van der Waals surface area (Å²) in [5.74, 6) is 0.859. The van der Waals surface area contributed by atoms with E-state index in [1.807, 2.05) is 12.1 Å². The molecule has 0 spiro atoms. The Hall–Kier alpha value is -2.49. The molecule has 0 aliphatic carbocycles. The molecule has 0 saturated carbocycles. The van der Waals surface area contributed by atoms with Gasteiger partial charge in [0.2, 0.25) is 0 Å². The van der Waals surface area contributed by atoms with Crippen molar-refractivity contribution in [3.05, 3.63) is 54.1 Å². The van der Waals surface area contributed by atoms with E-state index >= 15 is 0 Å². The van der Waals surface area contributed by atoms with E-state index in [0.29, 0.717) is 12.2 Å². The van der Waals surface area contributed by atoms with Crippen LogP contribution in [0, 0.1) is 0 Å². The lowest BCUT2D eigenvalue weighted by molar-refractivity contribution is 0.0993. The highest BCUT2D eigenvalue weighted by molar-refractivity contribution is 6.05. The number of ether oxygens (including phenoxy) is 1. The number of phenolic OH excluding ortho intramolecular Hbond substituents is 1. The molecule has 0 fully saturated rings. The third kappa shape index (κ3) is 4.74. The molecular formula is C19H23NO3. The van der Waals surface area contributed by atoms with Crippen molar-refractivity contribution in [2.24, 2.45) is 0 Å². The molecule has 2 aromatic rings. The Bertz CT molecular complexity index is 620. The molecule has 23 heavy (non-hydrogen) atoms. The standard InChI is InChI=1S/C19H23NO3/c1-3-4-5-14-23-18-12-6-15(7-13-18)19(22)20(2)16-8-10-17(21)11-9-16/h6-13,21H,3-5,14H2,1-2H3. The molecule has 0 heterocycles. The number of anilines is 1. The summed E-state index contributed by atoms with van der Waals surface area (Å²) in [6.07, 6.45) is 3.37. The number of hydrogen-bond donors (Lipinski definition) is 1. The van der Waals surface area contributed by atoms with Crippen molar-refractivity contribution in [3.8, 4) is 11.5 Å². The van der Waals surface area contributed by atoms with E-state index in [1.165, 1.54) is 6.42 Å². The Labute approximate surface area is 137 Å². The van der Waals surface area contributed by atoms with E-state index in [0.717, 1.165) is 24.3 Å². The largest absolute Gasteiger partial charge is 0.508 e. The second-order valence-corrected chi connectivity index (χ2v) is 5.46. The molecule has 4 heteroatoms. The third-order valence-electron chi connectivity index (χ3n) is 3.66. The van der Waals surface area contributed by atoms with Crippen LogP contribution in [0.5, 0.6) is 11.5 Å². The van der Waals surface area contributed by atoms with Crippen LogP contribution in [0.1, 0.15) is 36.5 Å². The lowest BCUT2D eigenvalue weighted by atomic mass is 10.2. The maximum absolute atomic E-state index is 12.5. The average molecular weight is 313 g/mol. The molecule has 0 aromatic heterocycles. The molecule has 0 saturated heterocycles. The van der Waals surface area contributed by atoms with E-state index < -0.39 is 0 Å². The summed E-state index contributed by atoms with van der Waals surface area (Å²) in [5, 5.41) is 9.31. The second-order valence-electron chi connectivity index (χ2n) is 5.46. The zero-order chi connectivity index (χ0) is 16.7. The zero-order valence-electron chi connectivity index (χ0n) is 13.7. The van der Waals surface area contributed by atoms with Gasteiger partial charge in [0.05, 0.1) is 6.61 Å². The fourth-order valence-corrected chi connectivity index (χ4v) is 2.22. The first-order valence-electron chi connectivity index (χ1n) is 7.91. The van der Waals surface area contributed by atoms with Gasteiger partial charge in [-0.05, 0) is 55.0 Å². The Morgan fingerprint density at radius 2 is 1.70 bits per heavy atom. The Morgan fingerprint density at radius 3 is 2.30 bits per heavy atom. The quantitative estimate of drug-likeness (QED) is 0.778. The molecule has 1 amide bonds. The van der Waals surface area contributed by atoms with Gasteiger partial charge >= 0.3 is 0 Å². The lowest BCUT2D eigenvalue weighted by Crippen LogP contribution is -2.26. The van der Waals surface area contributed by atoms with E-state index in [9.17, 15) is 9.90 Å². The second kappa shape index (κ2) is 8.22. The summed E-state index contributed by atoms with van der Waals surface area (Å²) in [7, 11) is 1.71. The Kier molecular flexibility index (Phi) is 6.03. The molecular weight excluding hydrogens is 290 g/mol. The van der Waals surface area contributed by atoms with Crippen LogP contribution in [0.2, 0.25) is 0 Å². The van der Waals surface area contributed by atoms with Gasteiger partial charge in [0.1, 0.15) is 11.5 Å². The number of nitrogens with zero attached hydrogens (tertiary/aromatic N) is 1. The van der Waals surface area contributed by atoms with E-state index in [1.54, 1.807) is 48.3 Å². The van der Waals surface area contributed by atoms with Gasteiger partial charge in [-0.3, -0.25) is 4.79 Å². The first-order chi connectivity index (χ1) is 11.1. The molecule has 1 N–H and O–H groups in total. The molecule has 0 radical (unpaired) electrons. The first-order valence-corrected chi connectivity index (χ1v) is 7.91. The predicted octanol–water partition coefficient (Wildman–Crippen LogP) is 4.24.